The second-order valence-corrected chi connectivity index (χ2v) is 34.7. The summed E-state index contributed by atoms with van der Waals surface area (Å²) in [5.74, 6) is -21.1. The molecule has 36 nitrogen and oxygen atoms in total. The van der Waals surface area contributed by atoms with Gasteiger partial charge in [-0.3, -0.25) is 81.5 Å². The summed E-state index contributed by atoms with van der Waals surface area (Å²) in [6.07, 6.45) is -2.44. The molecule has 132 heavy (non-hydrogen) atoms. The first-order valence-electron chi connectivity index (χ1n) is 43.7. The van der Waals surface area contributed by atoms with Crippen molar-refractivity contribution < 1.29 is 102 Å². The fourth-order valence-electron chi connectivity index (χ4n) is 15.4. The zero-order valence-electron chi connectivity index (χ0n) is 75.0. The minimum Gasteiger partial charge on any atom is -0.508 e. The number of primary amides is 1. The maximum atomic E-state index is 15.7. The zero-order chi connectivity index (χ0) is 96.4. The van der Waals surface area contributed by atoms with Crippen LogP contribution >= 0.6 is 11.8 Å². The fourth-order valence-corrected chi connectivity index (χ4v) is 16.2. The Morgan fingerprint density at radius 2 is 0.947 bits per heavy atom. The molecule has 1 saturated heterocycles. The number of amides is 14. The van der Waals surface area contributed by atoms with E-state index in [0.29, 0.717) is 57.1 Å². The summed E-state index contributed by atoms with van der Waals surface area (Å²) >= 11 is 0.806. The van der Waals surface area contributed by atoms with Gasteiger partial charge in [0.1, 0.15) is 71.9 Å². The van der Waals surface area contributed by atoms with Gasteiger partial charge in [-0.1, -0.05) is 181 Å². The number of phenols is 2. The van der Waals surface area contributed by atoms with E-state index in [1.807, 2.05) is 6.92 Å². The summed E-state index contributed by atoms with van der Waals surface area (Å²) in [6.45, 7) is 6.77. The third-order valence-electron chi connectivity index (χ3n) is 22.6. The standard InChI is InChI=1S/C95H119N15O21S/c1-9-10-30-75-91(127)99-52-80(115)100-71(49-83(119)120)90(126)107-84(56(4)5)78(113)48-62(42-57-22-14-11-15-23-57)85(121)105-73(45-61-33-37-65(112)38-34-61)94(130)108(6)76(39-40-82(117)118)92(128)104-70(47-63-50-97-67-29-21-20-28-66(63)67)89(125)103-69(43-60-31-35-64(111)36-32-60)88(124)102-68(41-55(2)3)87(123)106-74(86(122)98-51-79(96)114)53-132-54-81(116)101-72(44-58-24-16-12-17-25-58)93(129)110(8)77(95(131)109(75)7)46-59-26-18-13-19-27-59/h11-29,31-38,50,55-56,62,68-77,84,97,111-112H,9-10,30,39-49,51-54H2,1-8H3,(H2,96,114)(H,98,122)(H,99,127)(H,100,115)(H,101,116)(H,102,124)(H,103,125)(H,104,128)(H,105,121)(H,106,123)(H,107,126)(H,117,118)(H,119,120)/t62-,68+,69+,70+,71+,72+,73+,74+,75+,76+,77+,84+/m1/s1. The average Bonchev–Trinajstić information content (AvgIpc) is 0.985. The highest BCUT2D eigenvalue weighted by Gasteiger charge is 2.42. The molecule has 0 bridgehead atoms. The van der Waals surface area contributed by atoms with Crippen molar-refractivity contribution in [1.29, 1.82) is 0 Å². The molecule has 1 aliphatic heterocycles. The number of aromatic amines is 1. The number of carboxylic acid groups (broad SMARTS) is 2. The molecule has 1 fully saturated rings. The van der Waals surface area contributed by atoms with Gasteiger partial charge in [0.05, 0.1) is 31.3 Å². The number of carbonyl (C=O) groups is 17. The first-order valence-corrected chi connectivity index (χ1v) is 44.8. The second kappa shape index (κ2) is 50.8. The van der Waals surface area contributed by atoms with Gasteiger partial charge in [-0.25, -0.2) is 0 Å². The first-order chi connectivity index (χ1) is 62.9. The van der Waals surface area contributed by atoms with Gasteiger partial charge in [0.15, 0.2) is 5.78 Å². The lowest BCUT2D eigenvalue weighted by atomic mass is 9.88. The average molecular weight is 1840 g/mol. The number of phenolic OH excluding ortho intramolecular Hbond substituents is 2. The lowest BCUT2D eigenvalue weighted by molar-refractivity contribution is -0.149. The molecule has 12 atom stereocenters. The van der Waals surface area contributed by atoms with Crippen molar-refractivity contribution in [2.45, 2.75) is 191 Å². The van der Waals surface area contributed by atoms with Crippen LogP contribution in [-0.2, 0) is 120 Å². The highest BCUT2D eigenvalue weighted by atomic mass is 32.2. The number of ketones is 1. The van der Waals surface area contributed by atoms with Crippen LogP contribution in [0.25, 0.3) is 10.9 Å². The van der Waals surface area contributed by atoms with E-state index in [0.717, 1.165) is 33.5 Å². The van der Waals surface area contributed by atoms with E-state index < -0.39 is 235 Å². The quantitative estimate of drug-likeness (QED) is 0.0370. The van der Waals surface area contributed by atoms with E-state index >= 15 is 43.2 Å². The third-order valence-corrected chi connectivity index (χ3v) is 23.6. The van der Waals surface area contributed by atoms with Crippen LogP contribution in [0.3, 0.4) is 0 Å². The molecule has 706 valence electrons. The lowest BCUT2D eigenvalue weighted by Crippen LogP contribution is -2.61. The molecule has 0 spiro atoms. The number of aromatic hydroxyl groups is 2. The van der Waals surface area contributed by atoms with Crippen molar-refractivity contribution in [3.63, 3.8) is 0 Å². The van der Waals surface area contributed by atoms with Crippen molar-refractivity contribution in [2.24, 2.45) is 23.5 Å². The van der Waals surface area contributed by atoms with Crippen molar-refractivity contribution in [3.8, 4) is 11.5 Å². The van der Waals surface area contributed by atoms with Crippen molar-refractivity contribution in [1.82, 2.24) is 72.9 Å². The fraction of sp³-hybridized carbons (Fsp3) is 0.421. The number of Topliss-reactive ketones (excluding diaryl/α,β-unsaturated/α-hetero) is 1. The van der Waals surface area contributed by atoms with Crippen LogP contribution in [0.2, 0.25) is 0 Å². The highest BCUT2D eigenvalue weighted by Crippen LogP contribution is 2.26. The number of para-hydroxylation sites is 1. The number of hydrogen-bond donors (Lipinski definition) is 16. The minimum absolute atomic E-state index is 0.00690. The summed E-state index contributed by atoms with van der Waals surface area (Å²) in [7, 11) is 3.85. The second-order valence-electron chi connectivity index (χ2n) is 33.6. The number of fused-ring (bicyclic) bond motifs is 1. The van der Waals surface area contributed by atoms with E-state index in [-0.39, 0.29) is 62.9 Å². The molecule has 0 saturated carbocycles. The van der Waals surface area contributed by atoms with E-state index in [1.54, 1.807) is 149 Å². The number of carboxylic acids is 2. The van der Waals surface area contributed by atoms with Gasteiger partial charge in [-0.05, 0) is 101 Å². The van der Waals surface area contributed by atoms with Crippen LogP contribution in [-0.4, -0.2) is 253 Å². The molecule has 1 aliphatic rings. The van der Waals surface area contributed by atoms with E-state index in [9.17, 15) is 58.8 Å². The molecule has 37 heteroatoms. The van der Waals surface area contributed by atoms with Crippen LogP contribution < -0.4 is 58.9 Å². The molecular weight excluding hydrogens is 1720 g/mol. The first kappa shape index (κ1) is 103. The van der Waals surface area contributed by atoms with Crippen molar-refractivity contribution in [3.05, 3.63) is 203 Å². The number of hydrogen-bond acceptors (Lipinski definition) is 20. The summed E-state index contributed by atoms with van der Waals surface area (Å²) in [5.41, 5.74) is 8.82. The van der Waals surface area contributed by atoms with Crippen molar-refractivity contribution in [2.75, 3.05) is 45.7 Å². The normalized spacial score (nSPS) is 22.1. The number of thioether (sulfide) groups is 1. The van der Waals surface area contributed by atoms with Gasteiger partial charge < -0.3 is 99.0 Å². The summed E-state index contributed by atoms with van der Waals surface area (Å²) < 4.78 is 0. The van der Waals surface area contributed by atoms with Crippen LogP contribution in [0.4, 0.5) is 0 Å². The number of rotatable bonds is 26. The van der Waals surface area contributed by atoms with Gasteiger partial charge >= 0.3 is 11.9 Å². The molecule has 2 heterocycles. The molecule has 7 aromatic rings. The van der Waals surface area contributed by atoms with Crippen LogP contribution in [0, 0.1) is 17.8 Å². The summed E-state index contributed by atoms with van der Waals surface area (Å²) in [5, 5.41) is 68.1. The number of carbonyl (C=O) groups excluding carboxylic acids is 15. The van der Waals surface area contributed by atoms with Crippen LogP contribution in [0.1, 0.15) is 119 Å². The minimum atomic E-state index is -1.92. The number of benzene rings is 6. The smallest absolute Gasteiger partial charge is 0.305 e. The summed E-state index contributed by atoms with van der Waals surface area (Å²) in [6, 6.07) is 25.8. The van der Waals surface area contributed by atoms with Gasteiger partial charge in [0.25, 0.3) is 0 Å². The number of likely N-dealkylation sites (N-methyl/N-ethyl adjacent to an activating group) is 3. The van der Waals surface area contributed by atoms with Crippen LogP contribution in [0.5, 0.6) is 11.5 Å². The maximum absolute atomic E-state index is 15.7. The lowest BCUT2D eigenvalue weighted by Gasteiger charge is -2.36. The van der Waals surface area contributed by atoms with Crippen LogP contribution in [0.15, 0.2) is 170 Å². The Bertz CT molecular complexity index is 5180. The molecule has 0 unspecified atom stereocenters. The SMILES string of the molecule is CCCC[C@H]1C(=O)NCC(=O)N[C@@H](CC(=O)O)C(=O)N[C@@H](C(C)C)C(=O)C[C@@H](Cc2ccccc2)C(=O)N[C@@H](Cc2ccc(O)cc2)C(=O)N(C)[C@@H](CCC(=O)O)C(=O)N[C@@H](Cc2c[nH]c3ccccc23)C(=O)N[C@@H](Cc2ccc(O)cc2)C(=O)N[C@@H](CC(C)C)C(=O)N[C@H](C(=O)NCC(N)=O)CSCC(=O)N[C@@H](Cc2ccccc2)C(=O)N(C)[C@@H](Cc2ccccc2)C(=O)N1C. The molecular formula is C95H119N15O21S. The molecule has 0 radical (unpaired) electrons. The molecule has 8 rings (SSSR count). The predicted molar refractivity (Wildman–Crippen MR) is 490 cm³/mol. The Labute approximate surface area is 769 Å². The molecule has 17 N–H and O–H groups in total. The number of nitrogens with two attached hydrogens (primary N) is 1. The Kier molecular flexibility index (Phi) is 39.8. The molecule has 0 aliphatic carbocycles. The van der Waals surface area contributed by atoms with Gasteiger partial charge in [0.2, 0.25) is 82.7 Å². The zero-order valence-corrected chi connectivity index (χ0v) is 75.8. The van der Waals surface area contributed by atoms with Gasteiger partial charge in [0, 0.05) is 94.9 Å². The third kappa shape index (κ3) is 32.0. The maximum Gasteiger partial charge on any atom is 0.305 e. The Balaban J connectivity index is 1.23. The number of nitrogens with zero attached hydrogens (tertiary/aromatic N) is 3. The highest BCUT2D eigenvalue weighted by molar-refractivity contribution is 8.00. The van der Waals surface area contributed by atoms with E-state index in [1.165, 1.54) is 62.6 Å². The Morgan fingerprint density at radius 3 is 1.50 bits per heavy atom. The Morgan fingerprint density at radius 1 is 0.477 bits per heavy atom. The van der Waals surface area contributed by atoms with E-state index in [2.05, 4.69) is 58.2 Å². The number of nitrogens with one attached hydrogen (secondary N) is 11. The number of H-pyrrole nitrogens is 1. The topological polar surface area (TPSA) is 543 Å². The molecule has 6 aromatic carbocycles. The number of unbranched alkanes of at least 4 members (excludes halogenated alkanes) is 1. The monoisotopic (exact) mass is 1840 g/mol. The Hall–Kier alpha value is -14.0. The molecule has 14 amide bonds. The van der Waals surface area contributed by atoms with E-state index in [4.69, 9.17) is 5.73 Å². The van der Waals surface area contributed by atoms with Gasteiger partial charge in [-0.2, -0.15) is 0 Å². The largest absolute Gasteiger partial charge is 0.508 e. The summed E-state index contributed by atoms with van der Waals surface area (Å²) in [4.78, 5) is 254. The van der Waals surface area contributed by atoms with Crippen molar-refractivity contribution >= 4 is 123 Å². The molecule has 1 aromatic heterocycles. The number of aliphatic carboxylic acids is 2. The number of aromatic nitrogens is 1. The van der Waals surface area contributed by atoms with Gasteiger partial charge in [-0.15, -0.1) is 11.8 Å². The predicted octanol–water partition coefficient (Wildman–Crippen LogP) is 2.97.